The Morgan fingerprint density at radius 2 is 1.97 bits per heavy atom. The first-order valence-electron chi connectivity index (χ1n) is 10.00. The standard InChI is InChI=1S/C22H22N6O2/c1-13-7-8-14(20(29)24-15-9-10-15)11-17(13)23-12-19-25-26-22-27(2)21(30)16-5-3-4-6-18(16)28(19)22/h3-8,11,15,23H,9-10,12H2,1-2H3,(H,24,29). The second-order valence-electron chi connectivity index (χ2n) is 7.76. The van der Waals surface area contributed by atoms with Crippen LogP contribution in [0.4, 0.5) is 5.69 Å². The Hall–Kier alpha value is -3.68. The number of aromatic nitrogens is 4. The van der Waals surface area contributed by atoms with Gasteiger partial charge in [-0.1, -0.05) is 18.2 Å². The predicted molar refractivity (Wildman–Crippen MR) is 115 cm³/mol. The number of fused-ring (bicyclic) bond motifs is 3. The van der Waals surface area contributed by atoms with E-state index in [0.717, 1.165) is 29.6 Å². The topological polar surface area (TPSA) is 93.3 Å². The van der Waals surface area contributed by atoms with Gasteiger partial charge in [0, 0.05) is 24.3 Å². The number of carbonyl (C=O) groups is 1. The number of amides is 1. The molecule has 1 amide bonds. The number of rotatable bonds is 5. The summed E-state index contributed by atoms with van der Waals surface area (Å²) in [6.45, 7) is 2.39. The van der Waals surface area contributed by atoms with Gasteiger partial charge in [-0.05, 0) is 49.6 Å². The van der Waals surface area contributed by atoms with E-state index in [2.05, 4.69) is 20.8 Å². The van der Waals surface area contributed by atoms with E-state index in [4.69, 9.17) is 0 Å². The number of aryl methyl sites for hydroxylation is 2. The normalized spacial score (nSPS) is 13.7. The second-order valence-corrected chi connectivity index (χ2v) is 7.76. The Kier molecular flexibility index (Phi) is 4.27. The third kappa shape index (κ3) is 3.10. The molecule has 2 aromatic carbocycles. The molecule has 1 aliphatic rings. The molecular formula is C22H22N6O2. The van der Waals surface area contributed by atoms with Crippen LogP contribution < -0.4 is 16.2 Å². The van der Waals surface area contributed by atoms with Gasteiger partial charge < -0.3 is 10.6 Å². The molecule has 0 unspecified atom stereocenters. The number of nitrogens with zero attached hydrogens (tertiary/aromatic N) is 4. The summed E-state index contributed by atoms with van der Waals surface area (Å²) in [4.78, 5) is 25.0. The summed E-state index contributed by atoms with van der Waals surface area (Å²) in [7, 11) is 1.70. The predicted octanol–water partition coefficient (Wildman–Crippen LogP) is 2.39. The SMILES string of the molecule is Cc1ccc(C(=O)NC2CC2)cc1NCc1nnc2n(C)c(=O)c3ccccc3n12. The van der Waals surface area contributed by atoms with Crippen LogP contribution in [0.1, 0.15) is 34.6 Å². The Bertz CT molecular complexity index is 1350. The lowest BCUT2D eigenvalue weighted by Crippen LogP contribution is -2.25. The van der Waals surface area contributed by atoms with Gasteiger partial charge in [-0.2, -0.15) is 0 Å². The molecule has 8 nitrogen and oxygen atoms in total. The molecule has 5 rings (SSSR count). The zero-order chi connectivity index (χ0) is 20.8. The fourth-order valence-electron chi connectivity index (χ4n) is 3.63. The molecular weight excluding hydrogens is 380 g/mol. The average Bonchev–Trinajstić information content (AvgIpc) is 3.46. The van der Waals surface area contributed by atoms with Crippen LogP contribution >= 0.6 is 0 Å². The van der Waals surface area contributed by atoms with Crippen molar-refractivity contribution in [3.63, 3.8) is 0 Å². The van der Waals surface area contributed by atoms with E-state index in [-0.39, 0.29) is 11.5 Å². The molecule has 0 spiro atoms. The Morgan fingerprint density at radius 1 is 1.17 bits per heavy atom. The first-order valence-corrected chi connectivity index (χ1v) is 10.00. The van der Waals surface area contributed by atoms with Gasteiger partial charge in [-0.15, -0.1) is 10.2 Å². The van der Waals surface area contributed by atoms with Crippen molar-refractivity contribution >= 4 is 28.3 Å². The van der Waals surface area contributed by atoms with Gasteiger partial charge in [-0.25, -0.2) is 0 Å². The minimum absolute atomic E-state index is 0.0468. The molecule has 0 radical (unpaired) electrons. The summed E-state index contributed by atoms with van der Waals surface area (Å²) < 4.78 is 3.40. The summed E-state index contributed by atoms with van der Waals surface area (Å²) in [5.41, 5.74) is 3.20. The van der Waals surface area contributed by atoms with Gasteiger partial charge in [0.1, 0.15) is 0 Å². The fraction of sp³-hybridized carbons (Fsp3) is 0.273. The van der Waals surface area contributed by atoms with E-state index in [1.54, 1.807) is 13.1 Å². The molecule has 0 saturated heterocycles. The van der Waals surface area contributed by atoms with Crippen LogP contribution in [0.15, 0.2) is 47.3 Å². The molecule has 0 bridgehead atoms. The van der Waals surface area contributed by atoms with Crippen molar-refractivity contribution in [3.05, 3.63) is 69.8 Å². The maximum atomic E-state index is 12.6. The average molecular weight is 402 g/mol. The molecule has 0 atom stereocenters. The summed E-state index contributed by atoms with van der Waals surface area (Å²) in [5, 5.41) is 15.5. The lowest BCUT2D eigenvalue weighted by atomic mass is 10.1. The number of anilines is 1. The molecule has 30 heavy (non-hydrogen) atoms. The lowest BCUT2D eigenvalue weighted by molar-refractivity contribution is 0.0951. The molecule has 4 aromatic rings. The van der Waals surface area contributed by atoms with Crippen LogP contribution in [0.25, 0.3) is 16.7 Å². The molecule has 8 heteroatoms. The number of carbonyl (C=O) groups excluding carboxylic acids is 1. The highest BCUT2D eigenvalue weighted by Gasteiger charge is 2.24. The summed E-state index contributed by atoms with van der Waals surface area (Å²) in [5.74, 6) is 1.13. The van der Waals surface area contributed by atoms with Crippen molar-refractivity contribution in [2.45, 2.75) is 32.4 Å². The second kappa shape index (κ2) is 6.98. The number of hydrogen-bond acceptors (Lipinski definition) is 5. The highest BCUT2D eigenvalue weighted by molar-refractivity contribution is 5.95. The number of hydrogen-bond donors (Lipinski definition) is 2. The van der Waals surface area contributed by atoms with Crippen molar-refractivity contribution in [2.24, 2.45) is 7.05 Å². The first-order chi connectivity index (χ1) is 14.5. The van der Waals surface area contributed by atoms with Crippen molar-refractivity contribution in [3.8, 4) is 0 Å². The van der Waals surface area contributed by atoms with Gasteiger partial charge in [0.15, 0.2) is 5.82 Å². The van der Waals surface area contributed by atoms with Crippen molar-refractivity contribution in [1.82, 2.24) is 24.5 Å². The van der Waals surface area contributed by atoms with Crippen molar-refractivity contribution < 1.29 is 4.79 Å². The van der Waals surface area contributed by atoms with Crippen LogP contribution in [-0.2, 0) is 13.6 Å². The minimum Gasteiger partial charge on any atom is -0.377 e. The zero-order valence-corrected chi connectivity index (χ0v) is 16.8. The highest BCUT2D eigenvalue weighted by atomic mass is 16.1. The quantitative estimate of drug-likeness (QED) is 0.535. The fourth-order valence-corrected chi connectivity index (χ4v) is 3.63. The summed E-state index contributed by atoms with van der Waals surface area (Å²) >= 11 is 0. The third-order valence-electron chi connectivity index (χ3n) is 5.54. The third-order valence-corrected chi connectivity index (χ3v) is 5.54. The van der Waals surface area contributed by atoms with Gasteiger partial charge in [-0.3, -0.25) is 18.6 Å². The number of nitrogens with one attached hydrogen (secondary N) is 2. The van der Waals surface area contributed by atoms with Crippen LogP contribution in [0.2, 0.25) is 0 Å². The summed E-state index contributed by atoms with van der Waals surface area (Å²) in [6, 6.07) is 13.4. The van der Waals surface area contributed by atoms with Crippen LogP contribution in [0.3, 0.4) is 0 Å². The van der Waals surface area contributed by atoms with Crippen molar-refractivity contribution in [1.29, 1.82) is 0 Å². The lowest BCUT2D eigenvalue weighted by Gasteiger charge is -2.12. The Morgan fingerprint density at radius 3 is 2.77 bits per heavy atom. The van der Waals surface area contributed by atoms with Crippen LogP contribution in [-0.4, -0.2) is 31.1 Å². The molecule has 2 heterocycles. The van der Waals surface area contributed by atoms with E-state index < -0.39 is 0 Å². The van der Waals surface area contributed by atoms with E-state index in [1.165, 1.54) is 4.57 Å². The van der Waals surface area contributed by atoms with Crippen LogP contribution in [0, 0.1) is 6.92 Å². The Labute approximate surface area is 172 Å². The van der Waals surface area contributed by atoms with Gasteiger partial charge >= 0.3 is 0 Å². The van der Waals surface area contributed by atoms with E-state index in [1.807, 2.05) is 47.7 Å². The molecule has 152 valence electrons. The molecule has 1 aliphatic carbocycles. The monoisotopic (exact) mass is 402 g/mol. The van der Waals surface area contributed by atoms with E-state index in [0.29, 0.717) is 35.1 Å². The van der Waals surface area contributed by atoms with Gasteiger partial charge in [0.2, 0.25) is 5.78 Å². The van der Waals surface area contributed by atoms with E-state index in [9.17, 15) is 9.59 Å². The zero-order valence-electron chi connectivity index (χ0n) is 16.8. The van der Waals surface area contributed by atoms with E-state index >= 15 is 0 Å². The van der Waals surface area contributed by atoms with Gasteiger partial charge in [0.25, 0.3) is 11.5 Å². The number of para-hydroxylation sites is 1. The minimum atomic E-state index is -0.102. The highest BCUT2D eigenvalue weighted by Crippen LogP contribution is 2.22. The van der Waals surface area contributed by atoms with Crippen LogP contribution in [0.5, 0.6) is 0 Å². The maximum Gasteiger partial charge on any atom is 0.262 e. The first kappa shape index (κ1) is 18.4. The number of benzene rings is 2. The largest absolute Gasteiger partial charge is 0.377 e. The molecule has 1 fully saturated rings. The molecule has 2 N–H and O–H groups in total. The maximum absolute atomic E-state index is 12.6. The van der Waals surface area contributed by atoms with Crippen molar-refractivity contribution in [2.75, 3.05) is 5.32 Å². The summed E-state index contributed by atoms with van der Waals surface area (Å²) in [6.07, 6.45) is 2.11. The molecule has 2 aromatic heterocycles. The Balaban J connectivity index is 1.48. The smallest absolute Gasteiger partial charge is 0.262 e. The molecule has 0 aliphatic heterocycles. The molecule has 1 saturated carbocycles. The van der Waals surface area contributed by atoms with Gasteiger partial charge in [0.05, 0.1) is 17.4 Å².